The van der Waals surface area contributed by atoms with Gasteiger partial charge in [-0.15, -0.1) is 0 Å². The number of benzene rings is 2. The molecule has 1 heterocycles. The second-order valence-electron chi connectivity index (χ2n) is 4.83. The Morgan fingerprint density at radius 1 is 1.23 bits per heavy atom. The summed E-state index contributed by atoms with van der Waals surface area (Å²) in [7, 11) is 0. The Labute approximate surface area is 126 Å². The summed E-state index contributed by atoms with van der Waals surface area (Å²) in [5.41, 5.74) is 0.365. The van der Waals surface area contributed by atoms with Gasteiger partial charge in [0.05, 0.1) is 5.56 Å². The average molecular weight is 296 g/mol. The highest BCUT2D eigenvalue weighted by Gasteiger charge is 2.35. The smallest absolute Gasteiger partial charge is 0.337 e. The molecule has 5 heteroatoms. The first-order chi connectivity index (χ1) is 10.5. The number of carbonyl (C=O) groups excluding carboxylic acids is 1. The van der Waals surface area contributed by atoms with Crippen LogP contribution in [0.15, 0.2) is 43.0 Å². The molecule has 1 atom stereocenters. The van der Waals surface area contributed by atoms with Crippen molar-refractivity contribution in [3.8, 4) is 11.5 Å². The molecule has 2 aromatic rings. The second-order valence-corrected chi connectivity index (χ2v) is 4.83. The molecule has 0 amide bonds. The van der Waals surface area contributed by atoms with Crippen LogP contribution in [0.4, 0.5) is 0 Å². The highest BCUT2D eigenvalue weighted by Crippen LogP contribution is 2.51. The lowest BCUT2D eigenvalue weighted by atomic mass is 9.93. The van der Waals surface area contributed by atoms with Crippen LogP contribution in [-0.4, -0.2) is 22.0 Å². The highest BCUT2D eigenvalue weighted by atomic mass is 16.6. The summed E-state index contributed by atoms with van der Waals surface area (Å²) < 4.78 is 5.16. The van der Waals surface area contributed by atoms with E-state index >= 15 is 0 Å². The Morgan fingerprint density at radius 2 is 1.91 bits per heavy atom. The second kappa shape index (κ2) is 5.13. The Hall–Kier alpha value is -2.92. The minimum atomic E-state index is -1.44. The minimum Gasteiger partial charge on any atom is -0.478 e. The van der Waals surface area contributed by atoms with Gasteiger partial charge in [0.25, 0.3) is 0 Å². The van der Waals surface area contributed by atoms with Crippen LogP contribution < -0.4 is 4.74 Å². The van der Waals surface area contributed by atoms with Gasteiger partial charge in [0.15, 0.2) is 17.3 Å². The lowest BCUT2D eigenvalue weighted by Gasteiger charge is -2.12. The molecule has 0 saturated carbocycles. The van der Waals surface area contributed by atoms with Gasteiger partial charge in [0.2, 0.25) is 0 Å². The standard InChI is InChI=1S/C17H12O5/c1-2-10-13(17(20)21)11(8-12-16(10)22-12)15(19)14(18)9-6-4-3-5-7-9/h2-8,14,18H,1H2,(H,20,21). The quantitative estimate of drug-likeness (QED) is 0.558. The van der Waals surface area contributed by atoms with E-state index in [0.29, 0.717) is 17.1 Å². The number of carboxylic acid groups (broad SMARTS) is 1. The number of ether oxygens (including phenoxy) is 1. The molecule has 3 rings (SSSR count). The summed E-state index contributed by atoms with van der Waals surface area (Å²) in [6, 6.07) is 9.68. The zero-order valence-corrected chi connectivity index (χ0v) is 11.4. The van der Waals surface area contributed by atoms with Crippen LogP contribution in [0, 0.1) is 0 Å². The number of aromatic carboxylic acids is 1. The molecule has 1 aliphatic heterocycles. The third kappa shape index (κ3) is 2.17. The number of Topliss-reactive ketones (excluding diaryl/α,β-unsaturated/α-hetero) is 1. The Balaban J connectivity index is 2.09. The first-order valence-corrected chi connectivity index (χ1v) is 6.56. The number of aliphatic hydroxyl groups is 1. The molecule has 0 saturated heterocycles. The van der Waals surface area contributed by atoms with Crippen LogP contribution in [0.3, 0.4) is 0 Å². The van der Waals surface area contributed by atoms with Gasteiger partial charge in [-0.05, 0) is 11.6 Å². The van der Waals surface area contributed by atoms with E-state index in [-0.39, 0.29) is 16.7 Å². The molecular formula is C17H12O5. The molecule has 110 valence electrons. The molecule has 2 aromatic carbocycles. The number of aliphatic hydroxyl groups excluding tert-OH is 1. The maximum absolute atomic E-state index is 12.5. The molecule has 0 fully saturated rings. The first kappa shape index (κ1) is 14.0. The van der Waals surface area contributed by atoms with Crippen molar-refractivity contribution in [1.29, 1.82) is 0 Å². The first-order valence-electron chi connectivity index (χ1n) is 6.56. The van der Waals surface area contributed by atoms with Crippen molar-refractivity contribution in [2.45, 2.75) is 6.10 Å². The number of rotatable bonds is 5. The van der Waals surface area contributed by atoms with Gasteiger partial charge >= 0.3 is 5.97 Å². The average Bonchev–Trinajstić information content (AvgIpc) is 3.31. The van der Waals surface area contributed by atoms with Gasteiger partial charge in [-0.2, -0.15) is 0 Å². The van der Waals surface area contributed by atoms with Crippen molar-refractivity contribution in [2.75, 3.05) is 0 Å². The number of fused-ring (bicyclic) bond motifs is 1. The lowest BCUT2D eigenvalue weighted by Crippen LogP contribution is -2.16. The summed E-state index contributed by atoms with van der Waals surface area (Å²) >= 11 is 0. The predicted octanol–water partition coefficient (Wildman–Crippen LogP) is 3.05. The maximum atomic E-state index is 12.5. The van der Waals surface area contributed by atoms with Gasteiger partial charge < -0.3 is 14.9 Å². The van der Waals surface area contributed by atoms with E-state index in [1.807, 2.05) is 0 Å². The Kier molecular flexibility index (Phi) is 3.27. The fourth-order valence-electron chi connectivity index (χ4n) is 2.38. The summed E-state index contributed by atoms with van der Waals surface area (Å²) in [4.78, 5) is 24.0. The largest absolute Gasteiger partial charge is 0.478 e. The molecule has 0 aliphatic carbocycles. The van der Waals surface area contributed by atoms with Crippen molar-refractivity contribution >= 4 is 17.8 Å². The van der Waals surface area contributed by atoms with E-state index < -0.39 is 17.9 Å². The summed E-state index contributed by atoms with van der Waals surface area (Å²) in [5.74, 6) is -1.11. The van der Waals surface area contributed by atoms with Crippen LogP contribution in [0.1, 0.15) is 37.9 Å². The predicted molar refractivity (Wildman–Crippen MR) is 79.3 cm³/mol. The van der Waals surface area contributed by atoms with Crippen LogP contribution >= 0.6 is 0 Å². The molecule has 5 nitrogen and oxygen atoms in total. The summed E-state index contributed by atoms with van der Waals surface area (Å²) in [5, 5.41) is 19.6. The topological polar surface area (TPSA) is 87.1 Å². The molecular weight excluding hydrogens is 284 g/mol. The minimum absolute atomic E-state index is 0.0880. The number of ketones is 1. The summed E-state index contributed by atoms with van der Waals surface area (Å²) in [6.07, 6.45) is -0.102. The molecule has 0 aromatic heterocycles. The number of carbonyl (C=O) groups is 2. The zero-order valence-electron chi connectivity index (χ0n) is 11.4. The summed E-state index contributed by atoms with van der Waals surface area (Å²) in [6.45, 7) is 3.55. The molecule has 0 radical (unpaired) electrons. The molecule has 0 bridgehead atoms. The zero-order chi connectivity index (χ0) is 15.9. The van der Waals surface area contributed by atoms with E-state index in [1.54, 1.807) is 30.3 Å². The van der Waals surface area contributed by atoms with Gasteiger partial charge in [-0.1, -0.05) is 43.0 Å². The van der Waals surface area contributed by atoms with E-state index in [1.165, 1.54) is 12.1 Å². The van der Waals surface area contributed by atoms with E-state index in [0.717, 1.165) is 0 Å². The Bertz CT molecular complexity index is 792. The molecule has 2 N–H and O–H groups in total. The SMILES string of the molecule is C=Cc1c2c(cc(C(=O)C(O)c3ccccc3)c1C(=O)O)O2. The van der Waals surface area contributed by atoms with Crippen molar-refractivity contribution in [3.05, 3.63) is 65.2 Å². The third-order valence-electron chi connectivity index (χ3n) is 3.50. The van der Waals surface area contributed by atoms with Crippen LogP contribution in [-0.2, 0) is 0 Å². The van der Waals surface area contributed by atoms with Gasteiger partial charge in [0, 0.05) is 11.1 Å². The monoisotopic (exact) mass is 296 g/mol. The van der Waals surface area contributed by atoms with Crippen molar-refractivity contribution in [2.24, 2.45) is 0 Å². The van der Waals surface area contributed by atoms with Crippen molar-refractivity contribution in [1.82, 2.24) is 0 Å². The fourth-order valence-corrected chi connectivity index (χ4v) is 2.38. The highest BCUT2D eigenvalue weighted by molar-refractivity contribution is 6.11. The van der Waals surface area contributed by atoms with E-state index in [2.05, 4.69) is 6.58 Å². The third-order valence-corrected chi connectivity index (χ3v) is 3.50. The molecule has 0 spiro atoms. The van der Waals surface area contributed by atoms with Crippen molar-refractivity contribution < 1.29 is 24.5 Å². The van der Waals surface area contributed by atoms with Gasteiger partial charge in [0.1, 0.15) is 6.10 Å². The van der Waals surface area contributed by atoms with E-state index in [9.17, 15) is 19.8 Å². The van der Waals surface area contributed by atoms with Crippen molar-refractivity contribution in [3.63, 3.8) is 0 Å². The Morgan fingerprint density at radius 3 is 2.50 bits per heavy atom. The normalized spacial score (nSPS) is 12.8. The van der Waals surface area contributed by atoms with Gasteiger partial charge in [-0.3, -0.25) is 4.79 Å². The molecule has 22 heavy (non-hydrogen) atoms. The lowest BCUT2D eigenvalue weighted by molar-refractivity contribution is 0.0676. The van der Waals surface area contributed by atoms with Crippen LogP contribution in [0.5, 0.6) is 11.5 Å². The molecule has 1 aliphatic rings. The van der Waals surface area contributed by atoms with E-state index in [4.69, 9.17) is 4.74 Å². The number of hydrogen-bond acceptors (Lipinski definition) is 4. The fraction of sp³-hybridized carbons (Fsp3) is 0.0588. The maximum Gasteiger partial charge on any atom is 0.337 e. The van der Waals surface area contributed by atoms with Gasteiger partial charge in [-0.25, -0.2) is 4.79 Å². The number of carboxylic acids is 1. The van der Waals surface area contributed by atoms with Crippen LogP contribution in [0.25, 0.3) is 6.08 Å². The molecule has 1 unspecified atom stereocenters. The number of hydrogen-bond donors (Lipinski definition) is 2. The van der Waals surface area contributed by atoms with Crippen LogP contribution in [0.2, 0.25) is 0 Å².